The van der Waals surface area contributed by atoms with Gasteiger partial charge in [0.25, 0.3) is 0 Å². The van der Waals surface area contributed by atoms with Gasteiger partial charge in [-0.1, -0.05) is 42.5 Å². The van der Waals surface area contributed by atoms with Gasteiger partial charge < -0.3 is 9.16 Å². The lowest BCUT2D eigenvalue weighted by atomic mass is 9.86. The van der Waals surface area contributed by atoms with Crippen molar-refractivity contribution in [2.24, 2.45) is 5.41 Å². The molecule has 21 heavy (non-hydrogen) atoms. The number of carbonyl (C=O) groups excluding carboxylic acids is 1. The predicted octanol–water partition coefficient (Wildman–Crippen LogP) is 4.12. The van der Waals surface area contributed by atoms with Crippen molar-refractivity contribution >= 4 is 20.4 Å². The first kappa shape index (κ1) is 17.7. The molecule has 0 spiro atoms. The van der Waals surface area contributed by atoms with Crippen LogP contribution in [-0.2, 0) is 14.0 Å². The SMILES string of the molecule is COC(=O)C(C)(C)C(/C=C/c1ccccc1)O[Si](C)(C)C. The molecule has 0 radical (unpaired) electrons. The molecule has 1 unspecified atom stereocenters. The van der Waals surface area contributed by atoms with Gasteiger partial charge in [-0.2, -0.15) is 0 Å². The zero-order valence-electron chi connectivity index (χ0n) is 13.8. The van der Waals surface area contributed by atoms with Crippen LogP contribution in [-0.4, -0.2) is 27.5 Å². The molecule has 0 aliphatic rings. The summed E-state index contributed by atoms with van der Waals surface area (Å²) < 4.78 is 11.1. The van der Waals surface area contributed by atoms with Gasteiger partial charge in [0, 0.05) is 0 Å². The molecule has 1 rings (SSSR count). The molecule has 4 heteroatoms. The van der Waals surface area contributed by atoms with Gasteiger partial charge in [-0.05, 0) is 39.1 Å². The van der Waals surface area contributed by atoms with E-state index in [-0.39, 0.29) is 12.1 Å². The molecule has 1 aromatic rings. The van der Waals surface area contributed by atoms with Crippen LogP contribution < -0.4 is 0 Å². The maximum Gasteiger partial charge on any atom is 0.314 e. The average molecular weight is 306 g/mol. The van der Waals surface area contributed by atoms with Gasteiger partial charge in [-0.15, -0.1) is 0 Å². The van der Waals surface area contributed by atoms with E-state index in [9.17, 15) is 4.79 Å². The van der Waals surface area contributed by atoms with Crippen molar-refractivity contribution in [1.82, 2.24) is 0 Å². The largest absolute Gasteiger partial charge is 0.469 e. The molecule has 0 saturated carbocycles. The van der Waals surface area contributed by atoms with Crippen LogP contribution in [0.4, 0.5) is 0 Å². The van der Waals surface area contributed by atoms with E-state index < -0.39 is 13.7 Å². The Hall–Kier alpha value is -1.39. The van der Waals surface area contributed by atoms with Crippen LogP contribution in [0.2, 0.25) is 19.6 Å². The number of rotatable bonds is 6. The first-order valence-corrected chi connectivity index (χ1v) is 10.6. The molecule has 1 aromatic carbocycles. The van der Waals surface area contributed by atoms with Gasteiger partial charge >= 0.3 is 5.97 Å². The first-order valence-electron chi connectivity index (χ1n) is 7.16. The average Bonchev–Trinajstić information content (AvgIpc) is 2.42. The maximum atomic E-state index is 12.1. The Bertz CT molecular complexity index is 487. The summed E-state index contributed by atoms with van der Waals surface area (Å²) in [5, 5.41) is 0. The minimum atomic E-state index is -1.79. The van der Waals surface area contributed by atoms with Crippen LogP contribution in [0.25, 0.3) is 6.08 Å². The van der Waals surface area contributed by atoms with E-state index in [1.54, 1.807) is 0 Å². The van der Waals surface area contributed by atoms with Crippen molar-refractivity contribution in [2.45, 2.75) is 39.6 Å². The molecule has 0 aliphatic heterocycles. The van der Waals surface area contributed by atoms with Gasteiger partial charge in [0.2, 0.25) is 0 Å². The first-order chi connectivity index (χ1) is 9.66. The zero-order chi connectivity index (χ0) is 16.1. The lowest BCUT2D eigenvalue weighted by Crippen LogP contribution is -2.44. The number of benzene rings is 1. The number of methoxy groups -OCH3 is 1. The maximum absolute atomic E-state index is 12.1. The van der Waals surface area contributed by atoms with Crippen LogP contribution in [0.1, 0.15) is 19.4 Å². The monoisotopic (exact) mass is 306 g/mol. The van der Waals surface area contributed by atoms with Crippen LogP contribution in [0.3, 0.4) is 0 Å². The van der Waals surface area contributed by atoms with E-state index in [1.165, 1.54) is 7.11 Å². The molecule has 0 saturated heterocycles. The summed E-state index contributed by atoms with van der Waals surface area (Å²) in [5.74, 6) is -0.261. The van der Waals surface area contributed by atoms with E-state index in [0.717, 1.165) is 5.56 Å². The minimum Gasteiger partial charge on any atom is -0.469 e. The quantitative estimate of drug-likeness (QED) is 0.586. The highest BCUT2D eigenvalue weighted by Crippen LogP contribution is 2.29. The van der Waals surface area contributed by atoms with Gasteiger partial charge in [-0.25, -0.2) is 0 Å². The molecule has 0 N–H and O–H groups in total. The molecule has 0 fully saturated rings. The highest BCUT2D eigenvalue weighted by Gasteiger charge is 2.39. The molecular weight excluding hydrogens is 280 g/mol. The van der Waals surface area contributed by atoms with E-state index in [1.807, 2.05) is 56.3 Å². The minimum absolute atomic E-state index is 0.261. The molecular formula is C17H26O3Si. The van der Waals surface area contributed by atoms with Crippen LogP contribution in [0.15, 0.2) is 36.4 Å². The molecule has 1 atom stereocenters. The zero-order valence-corrected chi connectivity index (χ0v) is 14.8. The van der Waals surface area contributed by atoms with Crippen molar-refractivity contribution in [3.8, 4) is 0 Å². The van der Waals surface area contributed by atoms with Crippen molar-refractivity contribution in [2.75, 3.05) is 7.11 Å². The summed E-state index contributed by atoms with van der Waals surface area (Å²) in [6.45, 7) is 10.1. The second kappa shape index (κ2) is 7.05. The third-order valence-electron chi connectivity index (χ3n) is 3.17. The standard InChI is InChI=1S/C17H26O3Si/c1-17(2,16(18)19-3)15(20-21(4,5)6)13-12-14-10-8-7-9-11-14/h7-13,15H,1-6H3/b13-12+. The number of hydrogen-bond acceptors (Lipinski definition) is 3. The highest BCUT2D eigenvalue weighted by molar-refractivity contribution is 6.69. The normalized spacial score (nSPS) is 14.2. The summed E-state index contributed by atoms with van der Waals surface area (Å²) in [5.41, 5.74) is 0.364. The molecule has 116 valence electrons. The number of esters is 1. The van der Waals surface area contributed by atoms with Crippen molar-refractivity contribution in [1.29, 1.82) is 0 Å². The summed E-state index contributed by atoms with van der Waals surface area (Å²) in [4.78, 5) is 12.1. The fraction of sp³-hybridized carbons (Fsp3) is 0.471. The third-order valence-corrected chi connectivity index (χ3v) is 4.13. The summed E-state index contributed by atoms with van der Waals surface area (Å²) in [6.07, 6.45) is 3.65. The van der Waals surface area contributed by atoms with Crippen molar-refractivity contribution < 1.29 is 14.0 Å². The Morgan fingerprint density at radius 2 is 1.76 bits per heavy atom. The summed E-state index contributed by atoms with van der Waals surface area (Å²) >= 11 is 0. The van der Waals surface area contributed by atoms with Crippen LogP contribution in [0, 0.1) is 5.41 Å². The van der Waals surface area contributed by atoms with E-state index in [4.69, 9.17) is 9.16 Å². The van der Waals surface area contributed by atoms with Gasteiger partial charge in [0.05, 0.1) is 18.6 Å². The molecule has 3 nitrogen and oxygen atoms in total. The fourth-order valence-corrected chi connectivity index (χ4v) is 3.08. The second-order valence-electron chi connectivity index (χ2n) is 6.63. The van der Waals surface area contributed by atoms with Gasteiger partial charge in [0.15, 0.2) is 8.32 Å². The number of hydrogen-bond donors (Lipinski definition) is 0. The molecule has 0 bridgehead atoms. The Balaban J connectivity index is 3.03. The van der Waals surface area contributed by atoms with Crippen LogP contribution in [0.5, 0.6) is 0 Å². The molecule has 0 amide bonds. The van der Waals surface area contributed by atoms with Crippen molar-refractivity contribution in [3.05, 3.63) is 42.0 Å². The molecule has 0 heterocycles. The van der Waals surface area contributed by atoms with Gasteiger partial charge in [-0.3, -0.25) is 4.79 Å². The Labute approximate surface area is 129 Å². The summed E-state index contributed by atoms with van der Waals surface area (Å²) in [7, 11) is -0.373. The lowest BCUT2D eigenvalue weighted by Gasteiger charge is -2.34. The fourth-order valence-electron chi connectivity index (χ4n) is 1.95. The number of carbonyl (C=O) groups is 1. The molecule has 0 aromatic heterocycles. The predicted molar refractivity (Wildman–Crippen MR) is 89.5 cm³/mol. The van der Waals surface area contributed by atoms with E-state index in [0.29, 0.717) is 0 Å². The third kappa shape index (κ3) is 5.48. The Kier molecular flexibility index (Phi) is 5.93. The molecule has 0 aliphatic carbocycles. The smallest absolute Gasteiger partial charge is 0.314 e. The number of ether oxygens (including phenoxy) is 1. The van der Waals surface area contributed by atoms with Crippen LogP contribution >= 0.6 is 0 Å². The lowest BCUT2D eigenvalue weighted by molar-refractivity contribution is -0.154. The topological polar surface area (TPSA) is 35.5 Å². The van der Waals surface area contributed by atoms with E-state index >= 15 is 0 Å². The Morgan fingerprint density at radius 1 is 1.19 bits per heavy atom. The second-order valence-corrected chi connectivity index (χ2v) is 11.1. The van der Waals surface area contributed by atoms with Gasteiger partial charge in [0.1, 0.15) is 0 Å². The van der Waals surface area contributed by atoms with E-state index in [2.05, 4.69) is 19.6 Å². The Morgan fingerprint density at radius 3 is 2.24 bits per heavy atom. The summed E-state index contributed by atoms with van der Waals surface area (Å²) in [6, 6.07) is 9.99. The highest BCUT2D eigenvalue weighted by atomic mass is 28.4. The van der Waals surface area contributed by atoms with Crippen molar-refractivity contribution in [3.63, 3.8) is 0 Å².